The van der Waals surface area contributed by atoms with Crippen LogP contribution in [-0.4, -0.2) is 50.7 Å². The largest absolute Gasteiger partial charge is 0.376 e. The summed E-state index contributed by atoms with van der Waals surface area (Å²) in [5.41, 5.74) is -0.639. The smallest absolute Gasteiger partial charge is 0.315 e. The molecule has 7 heteroatoms. The van der Waals surface area contributed by atoms with Gasteiger partial charge in [-0.2, -0.15) is 0 Å². The summed E-state index contributed by atoms with van der Waals surface area (Å²) in [6.07, 6.45) is 2.56. The van der Waals surface area contributed by atoms with Gasteiger partial charge >= 0.3 is 6.03 Å². The van der Waals surface area contributed by atoms with Gasteiger partial charge in [0.05, 0.1) is 23.1 Å². The van der Waals surface area contributed by atoms with E-state index in [0.717, 1.165) is 19.4 Å². The van der Waals surface area contributed by atoms with Gasteiger partial charge in [0, 0.05) is 13.2 Å². The number of hydrogen-bond donors (Lipinski definition) is 2. The highest BCUT2D eigenvalue weighted by atomic mass is 32.2. The molecule has 2 N–H and O–H groups in total. The zero-order valence-corrected chi connectivity index (χ0v) is 11.4. The van der Waals surface area contributed by atoms with Crippen LogP contribution in [-0.2, 0) is 14.6 Å². The molecular formula is C11H20N2O4S. The van der Waals surface area contributed by atoms with E-state index < -0.39 is 15.4 Å². The van der Waals surface area contributed by atoms with E-state index in [0.29, 0.717) is 13.0 Å². The fraction of sp³-hybridized carbons (Fsp3) is 0.909. The number of amides is 2. The quantitative estimate of drug-likeness (QED) is 0.762. The summed E-state index contributed by atoms with van der Waals surface area (Å²) in [6.45, 7) is 3.00. The molecule has 2 amide bonds. The minimum atomic E-state index is -3.00. The van der Waals surface area contributed by atoms with Gasteiger partial charge in [0.25, 0.3) is 0 Å². The van der Waals surface area contributed by atoms with Crippen molar-refractivity contribution in [3.8, 4) is 0 Å². The van der Waals surface area contributed by atoms with Gasteiger partial charge < -0.3 is 15.4 Å². The fourth-order valence-electron chi connectivity index (χ4n) is 2.44. The van der Waals surface area contributed by atoms with Crippen molar-refractivity contribution in [2.75, 3.05) is 24.7 Å². The van der Waals surface area contributed by atoms with Crippen molar-refractivity contribution in [1.29, 1.82) is 0 Å². The molecule has 2 aliphatic rings. The molecule has 18 heavy (non-hydrogen) atoms. The van der Waals surface area contributed by atoms with Gasteiger partial charge in [-0.1, -0.05) is 0 Å². The van der Waals surface area contributed by atoms with E-state index in [9.17, 15) is 13.2 Å². The maximum Gasteiger partial charge on any atom is 0.315 e. The molecule has 0 unspecified atom stereocenters. The van der Waals surface area contributed by atoms with Crippen molar-refractivity contribution in [2.45, 2.75) is 37.8 Å². The van der Waals surface area contributed by atoms with Gasteiger partial charge in [0.2, 0.25) is 0 Å². The highest BCUT2D eigenvalue weighted by Gasteiger charge is 2.39. The van der Waals surface area contributed by atoms with Crippen molar-refractivity contribution in [3.63, 3.8) is 0 Å². The maximum absolute atomic E-state index is 11.7. The van der Waals surface area contributed by atoms with Gasteiger partial charge in [-0.3, -0.25) is 0 Å². The predicted octanol–water partition coefficient (Wildman–Crippen LogP) is 0.0418. The van der Waals surface area contributed by atoms with Crippen LogP contribution in [0.25, 0.3) is 0 Å². The molecule has 0 aromatic rings. The summed E-state index contributed by atoms with van der Waals surface area (Å²) in [6, 6.07) is -0.315. The summed E-state index contributed by atoms with van der Waals surface area (Å²) in [4.78, 5) is 11.7. The van der Waals surface area contributed by atoms with Gasteiger partial charge in [-0.05, 0) is 26.2 Å². The zero-order valence-electron chi connectivity index (χ0n) is 10.6. The number of hydrogen-bond acceptors (Lipinski definition) is 4. The lowest BCUT2D eigenvalue weighted by Crippen LogP contribution is -2.52. The third kappa shape index (κ3) is 3.58. The van der Waals surface area contributed by atoms with Gasteiger partial charge in [-0.15, -0.1) is 0 Å². The van der Waals surface area contributed by atoms with Crippen LogP contribution in [0.4, 0.5) is 4.79 Å². The van der Waals surface area contributed by atoms with Gasteiger partial charge in [0.15, 0.2) is 9.84 Å². The molecule has 6 nitrogen and oxygen atoms in total. The average molecular weight is 276 g/mol. The molecule has 0 bridgehead atoms. The van der Waals surface area contributed by atoms with Crippen LogP contribution in [0.3, 0.4) is 0 Å². The Morgan fingerprint density at radius 3 is 2.83 bits per heavy atom. The number of rotatable bonds is 3. The van der Waals surface area contributed by atoms with Crippen LogP contribution in [0, 0.1) is 0 Å². The van der Waals surface area contributed by atoms with Crippen LogP contribution in [0.5, 0.6) is 0 Å². The van der Waals surface area contributed by atoms with E-state index in [2.05, 4.69) is 10.6 Å². The second-order valence-electron chi connectivity index (χ2n) is 5.37. The molecule has 0 radical (unpaired) electrons. The first-order valence-electron chi connectivity index (χ1n) is 6.27. The first-order chi connectivity index (χ1) is 8.39. The molecular weight excluding hydrogens is 256 g/mol. The second kappa shape index (κ2) is 5.05. The Bertz CT molecular complexity index is 417. The first kappa shape index (κ1) is 13.6. The minimum Gasteiger partial charge on any atom is -0.376 e. The molecule has 0 aromatic heterocycles. The van der Waals surface area contributed by atoms with Crippen LogP contribution in [0.1, 0.15) is 26.2 Å². The summed E-state index contributed by atoms with van der Waals surface area (Å²) < 4.78 is 28.2. The Morgan fingerprint density at radius 1 is 1.50 bits per heavy atom. The van der Waals surface area contributed by atoms with Crippen LogP contribution >= 0.6 is 0 Å². The third-order valence-electron chi connectivity index (χ3n) is 3.43. The van der Waals surface area contributed by atoms with E-state index in [1.807, 2.05) is 0 Å². The van der Waals surface area contributed by atoms with Gasteiger partial charge in [0.1, 0.15) is 0 Å². The fourth-order valence-corrected chi connectivity index (χ4v) is 4.53. The maximum atomic E-state index is 11.7. The molecule has 2 aliphatic heterocycles. The molecule has 2 heterocycles. The average Bonchev–Trinajstić information content (AvgIpc) is 2.84. The van der Waals surface area contributed by atoms with E-state index in [1.54, 1.807) is 6.92 Å². The molecule has 2 fully saturated rings. The molecule has 0 spiro atoms. The van der Waals surface area contributed by atoms with Crippen LogP contribution < -0.4 is 10.6 Å². The van der Waals surface area contributed by atoms with E-state index in [4.69, 9.17) is 4.74 Å². The number of carbonyl (C=O) groups is 1. The normalized spacial score (nSPS) is 34.4. The standard InChI is InChI=1S/C11H20N2O4S/c1-11(4-6-18(15,16)8-11)13-10(14)12-7-9-3-2-5-17-9/h9H,2-8H2,1H3,(H2,12,13,14)/t9-,11-/m0/s1. The van der Waals surface area contributed by atoms with Crippen molar-refractivity contribution < 1.29 is 17.9 Å². The van der Waals surface area contributed by atoms with Crippen LogP contribution in [0.15, 0.2) is 0 Å². The number of carbonyl (C=O) groups excluding carboxylic acids is 1. The molecule has 0 aromatic carbocycles. The summed E-state index contributed by atoms with van der Waals surface area (Å²) in [7, 11) is -3.00. The third-order valence-corrected chi connectivity index (χ3v) is 5.34. The van der Waals surface area contributed by atoms with Crippen molar-refractivity contribution in [3.05, 3.63) is 0 Å². The van der Waals surface area contributed by atoms with Crippen LogP contribution in [0.2, 0.25) is 0 Å². The lowest BCUT2D eigenvalue weighted by atomic mass is 10.0. The summed E-state index contributed by atoms with van der Waals surface area (Å²) >= 11 is 0. The second-order valence-corrected chi connectivity index (χ2v) is 7.56. The zero-order chi connectivity index (χ0) is 13.2. The molecule has 104 valence electrons. The Balaban J connectivity index is 1.77. The van der Waals surface area contributed by atoms with E-state index in [1.165, 1.54) is 0 Å². The SMILES string of the molecule is C[C@]1(NC(=O)NC[C@@H]2CCCO2)CCS(=O)(=O)C1. The Morgan fingerprint density at radius 2 is 2.28 bits per heavy atom. The number of nitrogens with one attached hydrogen (secondary N) is 2. The number of urea groups is 1. The minimum absolute atomic E-state index is 0.0212. The highest BCUT2D eigenvalue weighted by Crippen LogP contribution is 2.22. The number of ether oxygens (including phenoxy) is 1. The van der Waals surface area contributed by atoms with Crippen molar-refractivity contribution >= 4 is 15.9 Å². The van der Waals surface area contributed by atoms with E-state index >= 15 is 0 Å². The van der Waals surface area contributed by atoms with Crippen molar-refractivity contribution in [2.24, 2.45) is 0 Å². The Labute approximate surface area is 107 Å². The number of sulfone groups is 1. The summed E-state index contributed by atoms with van der Waals surface area (Å²) in [5.74, 6) is 0.170. The monoisotopic (exact) mass is 276 g/mol. The molecule has 2 atom stereocenters. The Kier molecular flexibility index (Phi) is 3.82. The molecule has 2 saturated heterocycles. The van der Waals surface area contributed by atoms with Crippen molar-refractivity contribution in [1.82, 2.24) is 10.6 Å². The molecule has 2 rings (SSSR count). The molecule has 0 aliphatic carbocycles. The highest BCUT2D eigenvalue weighted by molar-refractivity contribution is 7.91. The Hall–Kier alpha value is -0.820. The summed E-state index contributed by atoms with van der Waals surface area (Å²) in [5, 5.41) is 5.48. The topological polar surface area (TPSA) is 84.5 Å². The predicted molar refractivity (Wildman–Crippen MR) is 67.2 cm³/mol. The van der Waals surface area contributed by atoms with E-state index in [-0.39, 0.29) is 23.6 Å². The lowest BCUT2D eigenvalue weighted by Gasteiger charge is -2.24. The first-order valence-corrected chi connectivity index (χ1v) is 8.09. The molecule has 0 saturated carbocycles. The lowest BCUT2D eigenvalue weighted by molar-refractivity contribution is 0.111. The van der Waals surface area contributed by atoms with Gasteiger partial charge in [-0.25, -0.2) is 13.2 Å².